The van der Waals surface area contributed by atoms with Crippen molar-refractivity contribution in [1.29, 1.82) is 0 Å². The van der Waals surface area contributed by atoms with Gasteiger partial charge in [-0.2, -0.15) is 0 Å². The molecule has 4 atom stereocenters. The molecule has 0 unspecified atom stereocenters. The first-order chi connectivity index (χ1) is 22.5. The number of nitrogens with one attached hydrogen (secondary N) is 2. The number of carbonyl (C=O) groups excluding carboxylic acids is 3. The maximum absolute atomic E-state index is 14.4. The first kappa shape index (κ1) is 36.2. The second-order valence-electron chi connectivity index (χ2n) is 13.3. The number of aliphatic hydroxyl groups excluding tert-OH is 1. The molecule has 47 heavy (non-hydrogen) atoms. The summed E-state index contributed by atoms with van der Waals surface area (Å²) >= 11 is 0. The lowest BCUT2D eigenvalue weighted by Crippen LogP contribution is -2.48. The van der Waals surface area contributed by atoms with E-state index in [1.54, 1.807) is 55.8 Å². The van der Waals surface area contributed by atoms with E-state index in [-0.39, 0.29) is 55.5 Å². The Morgan fingerprint density at radius 2 is 1.81 bits per heavy atom. The molecule has 2 aliphatic rings. The molecule has 260 valence electrons. The highest BCUT2D eigenvalue weighted by atomic mass is 16.5. The summed E-state index contributed by atoms with van der Waals surface area (Å²) in [6, 6.07) is 4.41. The van der Waals surface area contributed by atoms with Gasteiger partial charge >= 0.3 is 6.03 Å². The molecule has 3 N–H and O–H groups in total. The number of hydrogen-bond acceptors (Lipinski definition) is 8. The maximum atomic E-state index is 14.4. The molecule has 1 aromatic heterocycles. The minimum absolute atomic E-state index is 0.0241. The Morgan fingerprint density at radius 3 is 2.49 bits per heavy atom. The number of benzene rings is 1. The molecule has 4 rings (SSSR count). The number of anilines is 2. The van der Waals surface area contributed by atoms with Crippen LogP contribution in [0, 0.1) is 25.7 Å². The van der Waals surface area contributed by atoms with Crippen molar-refractivity contribution in [2.24, 2.45) is 11.8 Å². The summed E-state index contributed by atoms with van der Waals surface area (Å²) in [5.41, 5.74) is 2.01. The van der Waals surface area contributed by atoms with Crippen molar-refractivity contribution >= 4 is 29.2 Å². The summed E-state index contributed by atoms with van der Waals surface area (Å²) in [6.45, 7) is 10.1. The van der Waals surface area contributed by atoms with Gasteiger partial charge in [0.15, 0.2) is 5.76 Å². The zero-order chi connectivity index (χ0) is 34.1. The third-order valence-electron chi connectivity index (χ3n) is 9.36. The maximum Gasteiger partial charge on any atom is 0.321 e. The number of amides is 4. The summed E-state index contributed by atoms with van der Waals surface area (Å²) in [6.07, 6.45) is 6.86. The van der Waals surface area contributed by atoms with Crippen molar-refractivity contribution in [1.82, 2.24) is 15.0 Å². The minimum Gasteiger partial charge on any atom is -0.490 e. The topological polar surface area (TPSA) is 146 Å². The summed E-state index contributed by atoms with van der Waals surface area (Å²) in [4.78, 5) is 43.8. The zero-order valence-electron chi connectivity index (χ0n) is 28.8. The van der Waals surface area contributed by atoms with Crippen LogP contribution in [0.3, 0.4) is 0 Å². The van der Waals surface area contributed by atoms with Gasteiger partial charge in [0, 0.05) is 44.3 Å². The van der Waals surface area contributed by atoms with Gasteiger partial charge in [0.1, 0.15) is 17.1 Å². The van der Waals surface area contributed by atoms with E-state index in [9.17, 15) is 19.5 Å². The van der Waals surface area contributed by atoms with Crippen LogP contribution < -0.4 is 15.4 Å². The highest BCUT2D eigenvalue weighted by Gasteiger charge is 2.31. The molecule has 0 saturated heterocycles. The predicted molar refractivity (Wildman–Crippen MR) is 180 cm³/mol. The van der Waals surface area contributed by atoms with Crippen molar-refractivity contribution in [3.63, 3.8) is 0 Å². The fourth-order valence-electron chi connectivity index (χ4n) is 6.29. The van der Waals surface area contributed by atoms with Crippen molar-refractivity contribution in [2.75, 3.05) is 44.0 Å². The number of hydrogen-bond donors (Lipinski definition) is 3. The number of aromatic nitrogens is 1. The van der Waals surface area contributed by atoms with Gasteiger partial charge in [-0.1, -0.05) is 31.3 Å². The van der Waals surface area contributed by atoms with E-state index in [0.717, 1.165) is 51.4 Å². The van der Waals surface area contributed by atoms with Crippen LogP contribution in [0.5, 0.6) is 5.75 Å². The van der Waals surface area contributed by atoms with Crippen molar-refractivity contribution in [3.05, 3.63) is 35.2 Å². The number of likely N-dealkylation sites (N-methyl/N-ethyl adjacent to an activating group) is 1. The van der Waals surface area contributed by atoms with Gasteiger partial charge < -0.3 is 39.5 Å². The number of carbonyl (C=O) groups is 3. The van der Waals surface area contributed by atoms with Crippen LogP contribution in [0.2, 0.25) is 0 Å². The van der Waals surface area contributed by atoms with Crippen LogP contribution >= 0.6 is 0 Å². The summed E-state index contributed by atoms with van der Waals surface area (Å²) in [7, 11) is 1.70. The predicted octanol–water partition coefficient (Wildman–Crippen LogP) is 5.77. The Balaban J connectivity index is 1.58. The second kappa shape index (κ2) is 17.0. The second-order valence-corrected chi connectivity index (χ2v) is 13.3. The summed E-state index contributed by atoms with van der Waals surface area (Å²) < 4.78 is 17.9. The molecule has 12 heteroatoms. The van der Waals surface area contributed by atoms with Gasteiger partial charge in [0.25, 0.3) is 5.91 Å². The molecular formula is C35H53N5O7. The largest absolute Gasteiger partial charge is 0.490 e. The number of nitrogens with zero attached hydrogens (tertiary/aromatic N) is 3. The van der Waals surface area contributed by atoms with Gasteiger partial charge in [0.2, 0.25) is 5.91 Å². The van der Waals surface area contributed by atoms with E-state index < -0.39 is 12.1 Å². The average Bonchev–Trinajstić information content (AvgIpc) is 3.38. The molecule has 4 amide bonds. The van der Waals surface area contributed by atoms with Crippen LogP contribution in [0.25, 0.3) is 0 Å². The fourth-order valence-corrected chi connectivity index (χ4v) is 6.29. The molecule has 12 nitrogen and oxygen atoms in total. The van der Waals surface area contributed by atoms with Crippen molar-refractivity contribution < 1.29 is 33.5 Å². The first-order valence-electron chi connectivity index (χ1n) is 17.1. The van der Waals surface area contributed by atoms with Crippen LogP contribution in [-0.4, -0.2) is 89.5 Å². The minimum atomic E-state index is -0.509. The summed E-state index contributed by atoms with van der Waals surface area (Å²) in [5.74, 6) is 0.398. The van der Waals surface area contributed by atoms with E-state index in [0.29, 0.717) is 40.7 Å². The van der Waals surface area contributed by atoms with Gasteiger partial charge in [-0.3, -0.25) is 9.59 Å². The number of urea groups is 1. The number of aryl methyl sites for hydroxylation is 2. The monoisotopic (exact) mass is 655 g/mol. The number of aliphatic hydroxyl groups is 1. The lowest BCUT2D eigenvalue weighted by molar-refractivity contribution is -0.120. The smallest absolute Gasteiger partial charge is 0.321 e. The molecule has 2 heterocycles. The van der Waals surface area contributed by atoms with Crippen LogP contribution in [0.15, 0.2) is 22.7 Å². The molecule has 0 spiro atoms. The quantitative estimate of drug-likeness (QED) is 0.341. The number of ether oxygens (including phenoxy) is 2. The molecule has 1 fully saturated rings. The van der Waals surface area contributed by atoms with Crippen LogP contribution in [0.4, 0.5) is 16.2 Å². The lowest BCUT2D eigenvalue weighted by Gasteiger charge is -2.35. The van der Waals surface area contributed by atoms with E-state index in [1.165, 1.54) is 0 Å². The Kier molecular flexibility index (Phi) is 13.1. The average molecular weight is 656 g/mol. The van der Waals surface area contributed by atoms with Crippen LogP contribution in [0.1, 0.15) is 93.9 Å². The standard InChI is InChI=1S/C35H53N5O7/c1-22-19-40(23(2)21-41)34(43)29-18-28(36-33(42)27-13-8-7-9-14-27)15-16-30(29)46-24(3)12-10-11-17-45-31(22)20-39(6)35(44)37-32-25(4)38-47-26(32)5/h15-16,18,22-24,27,31,41H,7-14,17,19-21H2,1-6H3,(H,36,42)(H,37,44)/t22-,23+,24+,31+/m0/s1. The molecule has 0 bridgehead atoms. The third-order valence-corrected chi connectivity index (χ3v) is 9.36. The third kappa shape index (κ3) is 9.70. The Hall–Kier alpha value is -3.64. The molecule has 2 aromatic rings. The molecule has 1 saturated carbocycles. The van der Waals surface area contributed by atoms with Crippen LogP contribution in [-0.2, 0) is 9.53 Å². The summed E-state index contributed by atoms with van der Waals surface area (Å²) in [5, 5.41) is 20.1. The molecule has 1 aliphatic heterocycles. The number of fused-ring (bicyclic) bond motifs is 1. The molecule has 0 radical (unpaired) electrons. The highest BCUT2D eigenvalue weighted by Crippen LogP contribution is 2.30. The molecular weight excluding hydrogens is 602 g/mol. The normalized spacial score (nSPS) is 22.4. The van der Waals surface area contributed by atoms with Gasteiger partial charge in [-0.15, -0.1) is 0 Å². The van der Waals surface area contributed by atoms with Crippen molar-refractivity contribution in [3.8, 4) is 5.75 Å². The first-order valence-corrected chi connectivity index (χ1v) is 17.1. The van der Waals surface area contributed by atoms with E-state index >= 15 is 0 Å². The highest BCUT2D eigenvalue weighted by molar-refractivity contribution is 6.00. The Bertz CT molecular complexity index is 1340. The van der Waals surface area contributed by atoms with E-state index in [1.807, 2.05) is 13.8 Å². The molecule has 1 aliphatic carbocycles. The fraction of sp³-hybridized carbons (Fsp3) is 0.657. The Morgan fingerprint density at radius 1 is 1.09 bits per heavy atom. The SMILES string of the molecule is Cc1noc(C)c1NC(=O)N(C)C[C@H]1OCCCC[C@@H](C)Oc2ccc(NC(=O)C3CCCCC3)cc2C(=O)N([C@H](C)CO)C[C@@H]1C. The van der Waals surface area contributed by atoms with E-state index in [2.05, 4.69) is 15.8 Å². The zero-order valence-corrected chi connectivity index (χ0v) is 28.8. The lowest BCUT2D eigenvalue weighted by atomic mass is 9.88. The van der Waals surface area contributed by atoms with Gasteiger partial charge in [-0.05, 0) is 78.0 Å². The van der Waals surface area contributed by atoms with E-state index in [4.69, 9.17) is 14.0 Å². The molecule has 1 aromatic carbocycles. The van der Waals surface area contributed by atoms with Crippen molar-refractivity contribution in [2.45, 2.75) is 104 Å². The van der Waals surface area contributed by atoms with Gasteiger partial charge in [0.05, 0.1) is 30.4 Å². The Labute approximate surface area is 278 Å². The number of rotatable bonds is 7. The van der Waals surface area contributed by atoms with Gasteiger partial charge in [-0.25, -0.2) is 4.79 Å².